The Hall–Kier alpha value is -2.10. The van der Waals surface area contributed by atoms with Gasteiger partial charge in [-0.3, -0.25) is 4.98 Å². The van der Waals surface area contributed by atoms with Crippen LogP contribution in [0, 0.1) is 13.8 Å². The van der Waals surface area contributed by atoms with E-state index in [2.05, 4.69) is 14.9 Å². The van der Waals surface area contributed by atoms with Crippen LogP contribution in [0.4, 0.5) is 5.82 Å². The van der Waals surface area contributed by atoms with E-state index in [1.807, 2.05) is 32.0 Å². The van der Waals surface area contributed by atoms with Gasteiger partial charge in [-0.15, -0.1) is 0 Å². The van der Waals surface area contributed by atoms with Crippen LogP contribution in [0.25, 0.3) is 11.5 Å². The minimum atomic E-state index is -3.44. The van der Waals surface area contributed by atoms with E-state index in [9.17, 15) is 8.42 Å². The molecule has 2 fully saturated rings. The minimum Gasteiger partial charge on any atom is -0.354 e. The van der Waals surface area contributed by atoms with Gasteiger partial charge in [0.05, 0.1) is 0 Å². The maximum absolute atomic E-state index is 13.2. The Kier molecular flexibility index (Phi) is 6.55. The quantitative estimate of drug-likeness (QED) is 0.705. The zero-order chi connectivity index (χ0) is 22.0. The monoisotopic (exact) mass is 444 g/mol. The molecule has 0 unspecified atom stereocenters. The molecule has 4 rings (SSSR count). The van der Waals surface area contributed by atoms with Gasteiger partial charge in [0.2, 0.25) is 0 Å². The van der Waals surface area contributed by atoms with Crippen molar-refractivity contribution in [2.75, 3.05) is 38.1 Å². The molecule has 2 aliphatic rings. The number of hydrogen-bond donors (Lipinski definition) is 0. The van der Waals surface area contributed by atoms with E-state index < -0.39 is 10.2 Å². The van der Waals surface area contributed by atoms with Gasteiger partial charge in [0.1, 0.15) is 11.5 Å². The van der Waals surface area contributed by atoms with Crippen molar-refractivity contribution >= 4 is 16.0 Å². The molecule has 31 heavy (non-hydrogen) atoms. The molecule has 1 saturated heterocycles. The average Bonchev–Trinajstić information content (AvgIpc) is 2.81. The molecule has 168 valence electrons. The Morgan fingerprint density at radius 1 is 1.00 bits per heavy atom. The summed E-state index contributed by atoms with van der Waals surface area (Å²) in [5.41, 5.74) is 2.68. The fraction of sp³-hybridized carbons (Fsp3) is 0.591. The van der Waals surface area contributed by atoms with Crippen LogP contribution in [0.2, 0.25) is 0 Å². The van der Waals surface area contributed by atoms with Crippen LogP contribution in [0.1, 0.15) is 43.4 Å². The van der Waals surface area contributed by atoms with Crippen LogP contribution >= 0.6 is 0 Å². The van der Waals surface area contributed by atoms with E-state index >= 15 is 0 Å². The summed E-state index contributed by atoms with van der Waals surface area (Å²) in [4.78, 5) is 16.0. The maximum atomic E-state index is 13.2. The zero-order valence-electron chi connectivity index (χ0n) is 18.7. The SMILES string of the molecule is Cc1nc(-c2ccccn2)nc(N2CCN(S(=O)(=O)N(C)C3CCCCC3)CC2)c1C. The largest absolute Gasteiger partial charge is 0.354 e. The van der Waals surface area contributed by atoms with E-state index in [-0.39, 0.29) is 6.04 Å². The van der Waals surface area contributed by atoms with Gasteiger partial charge in [-0.25, -0.2) is 9.97 Å². The molecule has 1 saturated carbocycles. The fourth-order valence-corrected chi connectivity index (χ4v) is 6.05. The first-order chi connectivity index (χ1) is 14.9. The van der Waals surface area contributed by atoms with Gasteiger partial charge in [-0.1, -0.05) is 25.3 Å². The third kappa shape index (κ3) is 4.58. The van der Waals surface area contributed by atoms with Crippen molar-refractivity contribution in [1.82, 2.24) is 23.6 Å². The van der Waals surface area contributed by atoms with Crippen molar-refractivity contribution in [2.45, 2.75) is 52.0 Å². The number of aryl methyl sites for hydroxylation is 1. The van der Waals surface area contributed by atoms with Crippen molar-refractivity contribution < 1.29 is 8.42 Å². The molecule has 2 aromatic rings. The molecule has 1 aliphatic carbocycles. The third-order valence-corrected chi connectivity index (χ3v) is 8.62. The van der Waals surface area contributed by atoms with Crippen LogP contribution in [0.5, 0.6) is 0 Å². The number of hydrogen-bond acceptors (Lipinski definition) is 6. The normalized spacial score (nSPS) is 19.2. The fourth-order valence-electron chi connectivity index (χ4n) is 4.48. The summed E-state index contributed by atoms with van der Waals surface area (Å²) in [7, 11) is -1.69. The van der Waals surface area contributed by atoms with E-state index in [1.165, 1.54) is 6.42 Å². The lowest BCUT2D eigenvalue weighted by Crippen LogP contribution is -2.54. The molecule has 0 amide bonds. The Balaban J connectivity index is 1.49. The smallest absolute Gasteiger partial charge is 0.282 e. The number of piperazine rings is 1. The van der Waals surface area contributed by atoms with Crippen LogP contribution in [-0.4, -0.2) is 71.2 Å². The van der Waals surface area contributed by atoms with E-state index in [0.717, 1.165) is 48.5 Å². The minimum absolute atomic E-state index is 0.129. The van der Waals surface area contributed by atoms with Gasteiger partial charge < -0.3 is 4.90 Å². The van der Waals surface area contributed by atoms with E-state index in [4.69, 9.17) is 4.98 Å². The molecule has 0 N–H and O–H groups in total. The van der Waals surface area contributed by atoms with Crippen molar-refractivity contribution in [2.24, 2.45) is 0 Å². The highest BCUT2D eigenvalue weighted by Crippen LogP contribution is 2.27. The predicted octanol–water partition coefficient (Wildman–Crippen LogP) is 2.79. The first kappa shape index (κ1) is 22.1. The van der Waals surface area contributed by atoms with Gasteiger partial charge in [-0.05, 0) is 38.8 Å². The lowest BCUT2D eigenvalue weighted by atomic mass is 9.96. The summed E-state index contributed by atoms with van der Waals surface area (Å²) in [6, 6.07) is 5.83. The van der Waals surface area contributed by atoms with Crippen LogP contribution in [0.3, 0.4) is 0 Å². The Morgan fingerprint density at radius 2 is 1.71 bits per heavy atom. The number of aromatic nitrogens is 3. The summed E-state index contributed by atoms with van der Waals surface area (Å²) in [6.45, 7) is 6.13. The molecule has 0 radical (unpaired) electrons. The summed E-state index contributed by atoms with van der Waals surface area (Å²) < 4.78 is 29.6. The molecule has 8 nitrogen and oxygen atoms in total. The second kappa shape index (κ2) is 9.18. The highest BCUT2D eigenvalue weighted by atomic mass is 32.2. The van der Waals surface area contributed by atoms with Crippen molar-refractivity contribution in [1.29, 1.82) is 0 Å². The lowest BCUT2D eigenvalue weighted by molar-refractivity contribution is 0.259. The summed E-state index contributed by atoms with van der Waals surface area (Å²) >= 11 is 0. The van der Waals surface area contributed by atoms with Crippen LogP contribution < -0.4 is 4.90 Å². The molecule has 1 aliphatic heterocycles. The third-order valence-electron chi connectivity index (χ3n) is 6.57. The second-order valence-corrected chi connectivity index (χ2v) is 10.5. The highest BCUT2D eigenvalue weighted by Gasteiger charge is 2.35. The maximum Gasteiger partial charge on any atom is 0.282 e. The van der Waals surface area contributed by atoms with Crippen molar-refractivity contribution in [3.05, 3.63) is 35.7 Å². The van der Waals surface area contributed by atoms with Crippen LogP contribution in [0.15, 0.2) is 24.4 Å². The standard InChI is InChI=1S/C22H32N6O2S/c1-17-18(2)24-21(20-11-7-8-12-23-20)25-22(17)27-13-15-28(16-14-27)31(29,30)26(3)19-9-5-4-6-10-19/h7-8,11-12,19H,4-6,9-10,13-16H2,1-3H3. The molecule has 0 atom stereocenters. The zero-order valence-corrected chi connectivity index (χ0v) is 19.5. The molecule has 0 bridgehead atoms. The van der Waals surface area contributed by atoms with E-state index in [0.29, 0.717) is 32.0 Å². The number of rotatable bonds is 5. The topological polar surface area (TPSA) is 82.5 Å². The summed E-state index contributed by atoms with van der Waals surface area (Å²) in [6.07, 6.45) is 7.10. The number of anilines is 1. The number of pyridine rings is 1. The number of nitrogens with zero attached hydrogens (tertiary/aromatic N) is 6. The first-order valence-corrected chi connectivity index (χ1v) is 12.5. The second-order valence-electron chi connectivity index (χ2n) is 8.50. The van der Waals surface area contributed by atoms with Gasteiger partial charge in [-0.2, -0.15) is 17.0 Å². The summed E-state index contributed by atoms with van der Waals surface area (Å²) in [5, 5.41) is 0. The predicted molar refractivity (Wildman–Crippen MR) is 122 cm³/mol. The lowest BCUT2D eigenvalue weighted by Gasteiger charge is -2.39. The average molecular weight is 445 g/mol. The van der Waals surface area contributed by atoms with Crippen molar-refractivity contribution in [3.63, 3.8) is 0 Å². The van der Waals surface area contributed by atoms with Gasteiger partial charge in [0.15, 0.2) is 5.82 Å². The molecule has 2 aromatic heterocycles. The Labute approximate surface area is 185 Å². The van der Waals surface area contributed by atoms with Gasteiger partial charge in [0, 0.05) is 56.7 Å². The molecular weight excluding hydrogens is 412 g/mol. The van der Waals surface area contributed by atoms with Crippen molar-refractivity contribution in [3.8, 4) is 11.5 Å². The Morgan fingerprint density at radius 3 is 2.35 bits per heavy atom. The van der Waals surface area contributed by atoms with Crippen LogP contribution in [-0.2, 0) is 10.2 Å². The Bertz CT molecular complexity index is 1000. The van der Waals surface area contributed by atoms with Gasteiger partial charge >= 0.3 is 0 Å². The molecule has 9 heteroatoms. The highest BCUT2D eigenvalue weighted by molar-refractivity contribution is 7.86. The molecule has 0 aromatic carbocycles. The molecular formula is C22H32N6O2S. The van der Waals surface area contributed by atoms with E-state index in [1.54, 1.807) is 21.9 Å². The molecule has 3 heterocycles. The van der Waals surface area contributed by atoms with Gasteiger partial charge in [0.25, 0.3) is 10.2 Å². The first-order valence-electron chi connectivity index (χ1n) is 11.1. The molecule has 0 spiro atoms. The summed E-state index contributed by atoms with van der Waals surface area (Å²) in [5.74, 6) is 1.47.